The first-order valence-corrected chi connectivity index (χ1v) is 6.55. The molecule has 1 aromatic carbocycles. The lowest BCUT2D eigenvalue weighted by molar-refractivity contribution is 0.562. The molecule has 0 aliphatic heterocycles. The Hall–Kier alpha value is -1.41. The van der Waals surface area contributed by atoms with Crippen LogP contribution in [0.2, 0.25) is 5.02 Å². The molecule has 96 valence electrons. The molecular formula is C15H19ClN2. The van der Waals surface area contributed by atoms with Crippen LogP contribution in [0.15, 0.2) is 36.5 Å². The summed E-state index contributed by atoms with van der Waals surface area (Å²) in [5.74, 6) is 0. The Morgan fingerprint density at radius 1 is 1.28 bits per heavy atom. The second kappa shape index (κ2) is 4.69. The van der Waals surface area contributed by atoms with Crippen molar-refractivity contribution in [3.63, 3.8) is 0 Å². The van der Waals surface area contributed by atoms with E-state index in [-0.39, 0.29) is 5.41 Å². The van der Waals surface area contributed by atoms with Crippen molar-refractivity contribution in [1.82, 2.24) is 4.57 Å². The first-order chi connectivity index (χ1) is 8.45. The van der Waals surface area contributed by atoms with Gasteiger partial charge in [0.05, 0.1) is 0 Å². The third-order valence-electron chi connectivity index (χ3n) is 3.45. The number of hydrogen-bond donors (Lipinski definition) is 1. The zero-order chi connectivity index (χ0) is 13.3. The second-order valence-corrected chi connectivity index (χ2v) is 5.51. The minimum Gasteiger partial charge on any atom is -0.399 e. The average molecular weight is 263 g/mol. The van der Waals surface area contributed by atoms with Crippen molar-refractivity contribution in [3.05, 3.63) is 52.8 Å². The zero-order valence-corrected chi connectivity index (χ0v) is 11.8. The van der Waals surface area contributed by atoms with Gasteiger partial charge in [-0.2, -0.15) is 0 Å². The maximum atomic E-state index is 6.10. The molecule has 0 atom stereocenters. The lowest BCUT2D eigenvalue weighted by Gasteiger charge is -2.27. The van der Waals surface area contributed by atoms with Gasteiger partial charge < -0.3 is 10.3 Å². The first-order valence-electron chi connectivity index (χ1n) is 6.17. The molecule has 0 bridgehead atoms. The smallest absolute Gasteiger partial charge is 0.0429 e. The van der Waals surface area contributed by atoms with E-state index in [2.05, 4.69) is 43.7 Å². The molecule has 2 N–H and O–H groups in total. The summed E-state index contributed by atoms with van der Waals surface area (Å²) in [7, 11) is 0. The molecule has 0 fully saturated rings. The summed E-state index contributed by atoms with van der Waals surface area (Å²) in [6, 6.07) is 10.00. The van der Waals surface area contributed by atoms with Gasteiger partial charge in [0.2, 0.25) is 0 Å². The molecule has 0 radical (unpaired) electrons. The number of nitrogen functional groups attached to an aromatic ring is 1. The Kier molecular flexibility index (Phi) is 3.40. The highest BCUT2D eigenvalue weighted by atomic mass is 35.5. The Bertz CT molecular complexity index is 535. The molecule has 18 heavy (non-hydrogen) atoms. The highest BCUT2D eigenvalue weighted by molar-refractivity contribution is 6.30. The summed E-state index contributed by atoms with van der Waals surface area (Å²) >= 11 is 6.10. The van der Waals surface area contributed by atoms with E-state index in [4.69, 9.17) is 17.3 Å². The van der Waals surface area contributed by atoms with Crippen LogP contribution in [-0.4, -0.2) is 4.57 Å². The van der Waals surface area contributed by atoms with Gasteiger partial charge in [-0.15, -0.1) is 0 Å². The van der Waals surface area contributed by atoms with E-state index in [1.165, 1.54) is 5.69 Å². The Morgan fingerprint density at radius 3 is 2.61 bits per heavy atom. The van der Waals surface area contributed by atoms with Crippen LogP contribution in [0.5, 0.6) is 0 Å². The van der Waals surface area contributed by atoms with E-state index in [0.717, 1.165) is 12.1 Å². The predicted molar refractivity (Wildman–Crippen MR) is 78.1 cm³/mol. The van der Waals surface area contributed by atoms with Crippen LogP contribution in [0.4, 0.5) is 5.69 Å². The van der Waals surface area contributed by atoms with Gasteiger partial charge in [0.15, 0.2) is 0 Å². The van der Waals surface area contributed by atoms with Crippen molar-refractivity contribution < 1.29 is 0 Å². The van der Waals surface area contributed by atoms with Crippen LogP contribution < -0.4 is 5.73 Å². The summed E-state index contributed by atoms with van der Waals surface area (Å²) in [5, 5.41) is 0.688. The molecule has 0 aliphatic rings. The molecule has 0 saturated carbocycles. The molecule has 2 nitrogen and oxygen atoms in total. The van der Waals surface area contributed by atoms with E-state index in [0.29, 0.717) is 10.7 Å². The number of benzene rings is 1. The van der Waals surface area contributed by atoms with Crippen LogP contribution in [0.25, 0.3) is 0 Å². The number of anilines is 1. The Morgan fingerprint density at radius 2 is 2.00 bits per heavy atom. The van der Waals surface area contributed by atoms with E-state index in [1.54, 1.807) is 6.07 Å². The molecule has 0 aliphatic carbocycles. The van der Waals surface area contributed by atoms with Crippen LogP contribution in [0.3, 0.4) is 0 Å². The second-order valence-electron chi connectivity index (χ2n) is 5.08. The molecule has 0 unspecified atom stereocenters. The van der Waals surface area contributed by atoms with Gasteiger partial charge >= 0.3 is 0 Å². The predicted octanol–water partition coefficient (Wildman–Crippen LogP) is 4.07. The fraction of sp³-hybridized carbons (Fsp3) is 0.333. The number of hydrogen-bond acceptors (Lipinski definition) is 1. The van der Waals surface area contributed by atoms with Gasteiger partial charge in [0.1, 0.15) is 0 Å². The number of halogens is 1. The first kappa shape index (κ1) is 13.0. The van der Waals surface area contributed by atoms with E-state index >= 15 is 0 Å². The maximum absolute atomic E-state index is 6.10. The molecule has 3 heteroatoms. The monoisotopic (exact) mass is 262 g/mol. The third kappa shape index (κ3) is 2.25. The molecular weight excluding hydrogens is 244 g/mol. The Balaban J connectivity index is 2.53. The van der Waals surface area contributed by atoms with Gasteiger partial charge in [0, 0.05) is 34.6 Å². The van der Waals surface area contributed by atoms with Gasteiger partial charge in [-0.3, -0.25) is 0 Å². The van der Waals surface area contributed by atoms with Crippen molar-refractivity contribution in [1.29, 1.82) is 0 Å². The number of aromatic nitrogens is 1. The molecule has 1 heterocycles. The van der Waals surface area contributed by atoms with Crippen molar-refractivity contribution in [2.75, 3.05) is 5.73 Å². The summed E-state index contributed by atoms with van der Waals surface area (Å²) in [5.41, 5.74) is 8.89. The molecule has 1 aromatic heterocycles. The fourth-order valence-corrected chi connectivity index (χ4v) is 2.62. The van der Waals surface area contributed by atoms with Crippen molar-refractivity contribution in [2.45, 2.75) is 32.7 Å². The molecule has 0 spiro atoms. The summed E-state index contributed by atoms with van der Waals surface area (Å²) in [6.45, 7) is 7.49. The van der Waals surface area contributed by atoms with Crippen LogP contribution in [0, 0.1) is 0 Å². The lowest BCUT2D eigenvalue weighted by Crippen LogP contribution is -2.23. The topological polar surface area (TPSA) is 30.9 Å². The summed E-state index contributed by atoms with van der Waals surface area (Å²) in [4.78, 5) is 0. The highest BCUT2D eigenvalue weighted by Gasteiger charge is 2.26. The number of nitrogens with two attached hydrogens (primary N) is 1. The van der Waals surface area contributed by atoms with E-state index in [9.17, 15) is 0 Å². The quantitative estimate of drug-likeness (QED) is 0.831. The lowest BCUT2D eigenvalue weighted by atomic mass is 9.81. The van der Waals surface area contributed by atoms with Gasteiger partial charge in [0.25, 0.3) is 0 Å². The Labute approximate surface area is 113 Å². The standard InChI is InChI=1S/C15H19ClN2/c1-4-18-7-5-6-14(18)15(2,3)11-8-12(16)10-13(17)9-11/h5-10H,4,17H2,1-3H3. The minimum absolute atomic E-state index is 0.113. The van der Waals surface area contributed by atoms with Crippen molar-refractivity contribution >= 4 is 17.3 Å². The number of nitrogens with zero attached hydrogens (tertiary/aromatic N) is 1. The van der Waals surface area contributed by atoms with Crippen LogP contribution in [0.1, 0.15) is 32.0 Å². The van der Waals surface area contributed by atoms with Crippen molar-refractivity contribution in [2.24, 2.45) is 0 Å². The number of rotatable bonds is 3. The van der Waals surface area contributed by atoms with Gasteiger partial charge in [-0.1, -0.05) is 25.4 Å². The number of aryl methyl sites for hydroxylation is 1. The average Bonchev–Trinajstić information content (AvgIpc) is 2.76. The van der Waals surface area contributed by atoms with Crippen LogP contribution >= 0.6 is 11.6 Å². The molecule has 0 amide bonds. The zero-order valence-electron chi connectivity index (χ0n) is 11.1. The van der Waals surface area contributed by atoms with Gasteiger partial charge in [-0.25, -0.2) is 0 Å². The van der Waals surface area contributed by atoms with E-state index in [1.807, 2.05) is 12.1 Å². The minimum atomic E-state index is -0.113. The van der Waals surface area contributed by atoms with Crippen LogP contribution in [-0.2, 0) is 12.0 Å². The highest BCUT2D eigenvalue weighted by Crippen LogP contribution is 2.34. The molecule has 2 aromatic rings. The fourth-order valence-electron chi connectivity index (χ4n) is 2.38. The summed E-state index contributed by atoms with van der Waals surface area (Å²) in [6.07, 6.45) is 2.10. The molecule has 2 rings (SSSR count). The van der Waals surface area contributed by atoms with Gasteiger partial charge in [-0.05, 0) is 42.8 Å². The molecule has 0 saturated heterocycles. The third-order valence-corrected chi connectivity index (χ3v) is 3.67. The maximum Gasteiger partial charge on any atom is 0.0429 e. The van der Waals surface area contributed by atoms with Crippen molar-refractivity contribution in [3.8, 4) is 0 Å². The normalized spacial score (nSPS) is 11.8. The van der Waals surface area contributed by atoms with E-state index < -0.39 is 0 Å². The largest absolute Gasteiger partial charge is 0.399 e. The SMILES string of the molecule is CCn1cccc1C(C)(C)c1cc(N)cc(Cl)c1. The summed E-state index contributed by atoms with van der Waals surface area (Å²) < 4.78 is 2.25.